The molecule has 1 atom stereocenters. The number of fused-ring (bicyclic) bond motifs is 1. The van der Waals surface area contributed by atoms with Crippen LogP contribution in [0.25, 0.3) is 10.2 Å². The van der Waals surface area contributed by atoms with Gasteiger partial charge in [-0.1, -0.05) is 23.5 Å². The van der Waals surface area contributed by atoms with E-state index in [2.05, 4.69) is 9.72 Å². The highest BCUT2D eigenvalue weighted by Gasteiger charge is 2.64. The molecule has 0 spiro atoms. The smallest absolute Gasteiger partial charge is 0.442 e. The number of carbonyl (C=O) groups excluding carboxylic acids is 2. The van der Waals surface area contributed by atoms with Crippen LogP contribution in [0.4, 0.5) is 22.7 Å². The van der Waals surface area contributed by atoms with Gasteiger partial charge in [0, 0.05) is 5.56 Å². The fourth-order valence-corrected chi connectivity index (χ4v) is 3.39. The number of hydrogen-bond donors (Lipinski definition) is 2. The number of hydrogen-bond acceptors (Lipinski definition) is 6. The average Bonchev–Trinajstić information content (AvgIpc) is 3.08. The summed E-state index contributed by atoms with van der Waals surface area (Å²) >= 11 is 0.862. The number of esters is 1. The normalized spacial score (nSPS) is 13.6. The number of rotatable bonds is 5. The van der Waals surface area contributed by atoms with Crippen molar-refractivity contribution in [3.05, 3.63) is 59.9 Å². The minimum Gasteiger partial charge on any atom is -0.466 e. The predicted octanol–water partition coefficient (Wildman–Crippen LogP) is 3.71. The Morgan fingerprint density at radius 1 is 1.07 bits per heavy atom. The third kappa shape index (κ3) is 3.99. The summed E-state index contributed by atoms with van der Waals surface area (Å²) in [5.74, 6) is -3.73. The van der Waals surface area contributed by atoms with Gasteiger partial charge in [-0.3, -0.25) is 4.79 Å². The summed E-state index contributed by atoms with van der Waals surface area (Å²) < 4.78 is 60.0. The van der Waals surface area contributed by atoms with E-state index in [1.807, 2.05) is 5.32 Å². The fourth-order valence-electron chi connectivity index (χ4n) is 2.47. The van der Waals surface area contributed by atoms with Gasteiger partial charge in [-0.25, -0.2) is 14.2 Å². The Balaban J connectivity index is 2.03. The van der Waals surface area contributed by atoms with Gasteiger partial charge in [-0.05, 0) is 36.4 Å². The molecule has 11 heteroatoms. The van der Waals surface area contributed by atoms with Gasteiger partial charge < -0.3 is 15.4 Å². The van der Waals surface area contributed by atoms with Crippen molar-refractivity contribution < 1.29 is 31.9 Å². The topological polar surface area (TPSA) is 80.3 Å². The molecule has 0 unspecified atom stereocenters. The van der Waals surface area contributed by atoms with Crippen molar-refractivity contribution in [3.8, 4) is 0 Å². The number of ether oxygens (including phenoxy) is 1. The third-order valence-corrected chi connectivity index (χ3v) is 4.86. The Kier molecular flexibility index (Phi) is 5.42. The number of benzene rings is 2. The van der Waals surface area contributed by atoms with Crippen molar-refractivity contribution in [1.82, 2.24) is 10.3 Å². The van der Waals surface area contributed by atoms with Crippen molar-refractivity contribution in [2.45, 2.75) is 11.8 Å². The zero-order chi connectivity index (χ0) is 21.2. The summed E-state index contributed by atoms with van der Waals surface area (Å²) in [6, 6.07) is 10.3. The Hall–Kier alpha value is -3.21. The predicted molar refractivity (Wildman–Crippen MR) is 97.9 cm³/mol. The van der Waals surface area contributed by atoms with Gasteiger partial charge in [0.05, 0.1) is 17.3 Å². The van der Waals surface area contributed by atoms with Gasteiger partial charge in [-0.15, -0.1) is 0 Å². The van der Waals surface area contributed by atoms with Crippen LogP contribution in [0.1, 0.15) is 10.4 Å². The zero-order valence-corrected chi connectivity index (χ0v) is 15.5. The lowest BCUT2D eigenvalue weighted by Gasteiger charge is -2.34. The molecule has 3 aromatic rings. The van der Waals surface area contributed by atoms with Crippen molar-refractivity contribution in [1.29, 1.82) is 0 Å². The quantitative estimate of drug-likeness (QED) is 0.369. The first kappa shape index (κ1) is 20.5. The van der Waals surface area contributed by atoms with Crippen LogP contribution in [0.3, 0.4) is 0 Å². The van der Waals surface area contributed by atoms with Crippen LogP contribution in [0.5, 0.6) is 0 Å². The average molecular weight is 427 g/mol. The number of thiazole rings is 1. The first-order chi connectivity index (χ1) is 13.7. The summed E-state index contributed by atoms with van der Waals surface area (Å²) in [6.45, 7) is 0. The number of para-hydroxylation sites is 1. The molecule has 0 aliphatic carbocycles. The third-order valence-electron chi connectivity index (χ3n) is 3.91. The molecule has 1 aromatic heterocycles. The first-order valence-electron chi connectivity index (χ1n) is 8.03. The summed E-state index contributed by atoms with van der Waals surface area (Å²) in [4.78, 5) is 28.6. The first-order valence-corrected chi connectivity index (χ1v) is 8.85. The standard InChI is InChI=1S/C18H13F4N3O3S/c1-28-15(27)17(18(20,21)22,24-14(26)10-6-8-11(19)9-7-10)25-16-23-12-4-2-3-5-13(12)29-16/h2-9H,1H3,(H,23,25)(H,24,26)/t17-/m0/s1. The minimum atomic E-state index is -5.30. The van der Waals surface area contributed by atoms with E-state index in [1.165, 1.54) is 0 Å². The summed E-state index contributed by atoms with van der Waals surface area (Å²) in [6.07, 6.45) is -5.30. The van der Waals surface area contributed by atoms with Crippen LogP contribution in [0.2, 0.25) is 0 Å². The van der Waals surface area contributed by atoms with Crippen LogP contribution < -0.4 is 10.6 Å². The van der Waals surface area contributed by atoms with E-state index in [-0.39, 0.29) is 10.7 Å². The van der Waals surface area contributed by atoms with E-state index in [0.717, 1.165) is 42.7 Å². The molecule has 0 aliphatic heterocycles. The number of nitrogens with zero attached hydrogens (tertiary/aromatic N) is 1. The molecule has 6 nitrogen and oxygen atoms in total. The lowest BCUT2D eigenvalue weighted by atomic mass is 10.1. The molecular formula is C18H13F4N3O3S. The Morgan fingerprint density at radius 2 is 1.72 bits per heavy atom. The maximum absolute atomic E-state index is 14.0. The second kappa shape index (κ2) is 7.66. The highest BCUT2D eigenvalue weighted by atomic mass is 32.1. The van der Waals surface area contributed by atoms with Crippen molar-refractivity contribution in [2.24, 2.45) is 0 Å². The van der Waals surface area contributed by atoms with Gasteiger partial charge in [0.2, 0.25) is 0 Å². The summed E-state index contributed by atoms with van der Waals surface area (Å²) in [7, 11) is 0.757. The van der Waals surface area contributed by atoms with E-state index in [4.69, 9.17) is 0 Å². The molecule has 0 aliphatic rings. The number of nitrogens with one attached hydrogen (secondary N) is 2. The van der Waals surface area contributed by atoms with Crippen molar-refractivity contribution >= 4 is 38.6 Å². The van der Waals surface area contributed by atoms with Gasteiger partial charge >= 0.3 is 17.8 Å². The number of methoxy groups -OCH3 is 1. The molecule has 0 bridgehead atoms. The molecular weight excluding hydrogens is 414 g/mol. The number of anilines is 1. The van der Waals surface area contributed by atoms with Crippen LogP contribution in [0.15, 0.2) is 48.5 Å². The van der Waals surface area contributed by atoms with Crippen molar-refractivity contribution in [3.63, 3.8) is 0 Å². The lowest BCUT2D eigenvalue weighted by Crippen LogP contribution is -2.69. The molecule has 0 radical (unpaired) electrons. The van der Waals surface area contributed by atoms with Crippen LogP contribution >= 0.6 is 11.3 Å². The second-order valence-corrected chi connectivity index (χ2v) is 6.84. The lowest BCUT2D eigenvalue weighted by molar-refractivity contribution is -0.203. The van der Waals surface area contributed by atoms with Gasteiger partial charge in [0.1, 0.15) is 5.82 Å². The van der Waals surface area contributed by atoms with E-state index in [9.17, 15) is 27.2 Å². The van der Waals surface area contributed by atoms with E-state index < -0.39 is 29.5 Å². The maximum Gasteiger partial charge on any atom is 0.442 e. The number of halogens is 4. The van der Waals surface area contributed by atoms with Crippen LogP contribution in [-0.4, -0.2) is 35.8 Å². The number of amides is 1. The van der Waals surface area contributed by atoms with E-state index in [0.29, 0.717) is 10.2 Å². The largest absolute Gasteiger partial charge is 0.466 e. The second-order valence-electron chi connectivity index (χ2n) is 5.81. The van der Waals surface area contributed by atoms with Gasteiger partial charge in [0.15, 0.2) is 5.13 Å². The van der Waals surface area contributed by atoms with Crippen LogP contribution in [-0.2, 0) is 9.53 Å². The van der Waals surface area contributed by atoms with Gasteiger partial charge in [0.25, 0.3) is 5.91 Å². The highest BCUT2D eigenvalue weighted by molar-refractivity contribution is 7.22. The summed E-state index contributed by atoms with van der Waals surface area (Å²) in [5, 5.41) is 3.37. The SMILES string of the molecule is COC(=O)[C@](NC(=O)c1ccc(F)cc1)(Nc1nc2ccccc2s1)C(F)(F)F. The van der Waals surface area contributed by atoms with E-state index >= 15 is 0 Å². The molecule has 29 heavy (non-hydrogen) atoms. The highest BCUT2D eigenvalue weighted by Crippen LogP contribution is 2.35. The minimum absolute atomic E-state index is 0.256. The molecule has 0 saturated heterocycles. The Morgan fingerprint density at radius 3 is 2.31 bits per heavy atom. The molecule has 2 N–H and O–H groups in total. The molecule has 3 rings (SSSR count). The monoisotopic (exact) mass is 427 g/mol. The number of alkyl halides is 3. The fraction of sp³-hybridized carbons (Fsp3) is 0.167. The van der Waals surface area contributed by atoms with Gasteiger partial charge in [-0.2, -0.15) is 13.2 Å². The molecule has 152 valence electrons. The molecule has 1 heterocycles. The number of aromatic nitrogens is 1. The Labute approximate surface area is 165 Å². The van der Waals surface area contributed by atoms with E-state index in [1.54, 1.807) is 29.6 Å². The zero-order valence-electron chi connectivity index (χ0n) is 14.7. The molecule has 0 fully saturated rings. The molecule has 1 amide bonds. The van der Waals surface area contributed by atoms with Crippen molar-refractivity contribution in [2.75, 3.05) is 12.4 Å². The summed E-state index contributed by atoms with van der Waals surface area (Å²) in [5.41, 5.74) is -3.48. The number of carbonyl (C=O) groups is 2. The maximum atomic E-state index is 14.0. The molecule has 0 saturated carbocycles. The molecule has 2 aromatic carbocycles. The van der Waals surface area contributed by atoms with Crippen LogP contribution in [0, 0.1) is 5.82 Å². The Bertz CT molecular complexity index is 1020.